The molecule has 1 aliphatic rings. The topological polar surface area (TPSA) is 49.8 Å². The molecule has 1 N–H and O–H groups in total. The van der Waals surface area contributed by atoms with Crippen LogP contribution in [-0.2, 0) is 11.2 Å². The van der Waals surface area contributed by atoms with Crippen molar-refractivity contribution in [2.75, 3.05) is 11.4 Å². The molecule has 0 unspecified atom stereocenters. The zero-order valence-corrected chi connectivity index (χ0v) is 12.9. The molecule has 0 aliphatic carbocycles. The number of ether oxygens (including phenoxy) is 1. The molecule has 4 nitrogen and oxygen atoms in total. The zero-order valence-electron chi connectivity index (χ0n) is 12.9. The van der Waals surface area contributed by atoms with E-state index in [4.69, 9.17) is 4.74 Å². The van der Waals surface area contributed by atoms with Crippen molar-refractivity contribution < 1.29 is 14.6 Å². The van der Waals surface area contributed by atoms with Gasteiger partial charge in [-0.3, -0.25) is 0 Å². The minimum atomic E-state index is -0.970. The predicted octanol–water partition coefficient (Wildman–Crippen LogP) is 3.09. The van der Waals surface area contributed by atoms with Crippen molar-refractivity contribution in [1.29, 1.82) is 0 Å². The summed E-state index contributed by atoms with van der Waals surface area (Å²) in [4.78, 5) is 13.6. The molecule has 0 amide bonds. The van der Waals surface area contributed by atoms with E-state index in [-0.39, 0.29) is 0 Å². The van der Waals surface area contributed by atoms with Crippen molar-refractivity contribution in [3.63, 3.8) is 0 Å². The third-order valence-corrected chi connectivity index (χ3v) is 3.85. The molecule has 1 heterocycles. The molecular weight excluding hydrogens is 254 g/mol. The number of rotatable bonds is 3. The van der Waals surface area contributed by atoms with E-state index in [0.717, 1.165) is 17.9 Å². The van der Waals surface area contributed by atoms with Gasteiger partial charge in [0.25, 0.3) is 0 Å². The van der Waals surface area contributed by atoms with Crippen molar-refractivity contribution in [3.05, 3.63) is 23.8 Å². The summed E-state index contributed by atoms with van der Waals surface area (Å²) < 4.78 is 5.99. The first-order valence-electron chi connectivity index (χ1n) is 7.00. The number of nitrogens with zero attached hydrogens (tertiary/aromatic N) is 1. The van der Waals surface area contributed by atoms with E-state index in [2.05, 4.69) is 6.92 Å². The van der Waals surface area contributed by atoms with Crippen LogP contribution in [0.1, 0.15) is 40.2 Å². The summed E-state index contributed by atoms with van der Waals surface area (Å²) in [5.74, 6) is -0.0733. The Morgan fingerprint density at radius 2 is 2.10 bits per heavy atom. The molecule has 0 bridgehead atoms. The maximum atomic E-state index is 11.6. The van der Waals surface area contributed by atoms with Crippen LogP contribution in [0.25, 0.3) is 0 Å². The van der Waals surface area contributed by atoms with Crippen LogP contribution in [0.15, 0.2) is 18.2 Å². The minimum Gasteiger partial charge on any atom is -0.484 e. The number of fused-ring (bicyclic) bond motifs is 1. The molecule has 0 saturated heterocycles. The van der Waals surface area contributed by atoms with Crippen molar-refractivity contribution in [1.82, 2.24) is 0 Å². The van der Waals surface area contributed by atoms with Gasteiger partial charge in [-0.05, 0) is 51.8 Å². The second kappa shape index (κ2) is 4.69. The maximum Gasteiger partial charge on any atom is 0.328 e. The van der Waals surface area contributed by atoms with Gasteiger partial charge in [0.1, 0.15) is 16.9 Å². The van der Waals surface area contributed by atoms with Gasteiger partial charge in [0, 0.05) is 0 Å². The maximum absolute atomic E-state index is 11.6. The van der Waals surface area contributed by atoms with Crippen LogP contribution in [0.4, 0.5) is 5.69 Å². The number of hydrogen-bond acceptors (Lipinski definition) is 3. The molecule has 20 heavy (non-hydrogen) atoms. The van der Waals surface area contributed by atoms with E-state index in [1.165, 1.54) is 5.56 Å². The highest BCUT2D eigenvalue weighted by Crippen LogP contribution is 2.41. The number of aryl methyl sites for hydroxylation is 1. The van der Waals surface area contributed by atoms with Gasteiger partial charge in [-0.15, -0.1) is 0 Å². The molecule has 4 heteroatoms. The molecular formula is C16H23NO3. The molecule has 0 atom stereocenters. The lowest BCUT2D eigenvalue weighted by atomic mass is 9.95. The van der Waals surface area contributed by atoms with Crippen LogP contribution in [0, 0.1) is 0 Å². The van der Waals surface area contributed by atoms with Crippen LogP contribution < -0.4 is 9.64 Å². The van der Waals surface area contributed by atoms with Crippen LogP contribution >= 0.6 is 0 Å². The summed E-state index contributed by atoms with van der Waals surface area (Å²) in [5.41, 5.74) is 0.671. The Morgan fingerprint density at radius 1 is 1.45 bits per heavy atom. The van der Waals surface area contributed by atoms with Crippen LogP contribution in [0.5, 0.6) is 5.75 Å². The largest absolute Gasteiger partial charge is 0.484 e. The summed E-state index contributed by atoms with van der Waals surface area (Å²) in [7, 11) is 0. The summed E-state index contributed by atoms with van der Waals surface area (Å²) in [6, 6.07) is 6.02. The average Bonchev–Trinajstić information content (AvgIpc) is 2.36. The molecule has 0 fully saturated rings. The van der Waals surface area contributed by atoms with E-state index < -0.39 is 17.1 Å². The van der Waals surface area contributed by atoms with Gasteiger partial charge in [-0.1, -0.05) is 13.0 Å². The second-order valence-electron chi connectivity index (χ2n) is 6.47. The summed E-state index contributed by atoms with van der Waals surface area (Å²) in [6.45, 7) is 10.1. The smallest absolute Gasteiger partial charge is 0.328 e. The van der Waals surface area contributed by atoms with Crippen molar-refractivity contribution in [3.8, 4) is 5.75 Å². The molecule has 2 rings (SSSR count). The fourth-order valence-corrected chi connectivity index (χ4v) is 2.49. The first kappa shape index (κ1) is 14.7. The molecule has 0 radical (unpaired) electrons. The second-order valence-corrected chi connectivity index (χ2v) is 6.47. The lowest BCUT2D eigenvalue weighted by molar-refractivity contribution is -0.142. The van der Waals surface area contributed by atoms with Crippen LogP contribution in [0.3, 0.4) is 0 Å². The van der Waals surface area contributed by atoms with E-state index in [1.807, 2.05) is 36.9 Å². The Kier molecular flexibility index (Phi) is 3.44. The van der Waals surface area contributed by atoms with E-state index in [0.29, 0.717) is 6.54 Å². The van der Waals surface area contributed by atoms with Gasteiger partial charge in [-0.25, -0.2) is 4.79 Å². The standard InChI is InChI=1S/C16H23NO3/c1-6-11-7-8-13-12(9-11)17(10-15(2,3)20-13)16(4,5)14(18)19/h7-9H,6,10H2,1-5H3,(H,18,19). The van der Waals surface area contributed by atoms with E-state index in [1.54, 1.807) is 13.8 Å². The highest BCUT2D eigenvalue weighted by Gasteiger charge is 2.42. The number of anilines is 1. The lowest BCUT2D eigenvalue weighted by Gasteiger charge is -2.46. The van der Waals surface area contributed by atoms with Crippen LogP contribution in [0.2, 0.25) is 0 Å². The highest BCUT2D eigenvalue weighted by atomic mass is 16.5. The van der Waals surface area contributed by atoms with Gasteiger partial charge in [-0.2, -0.15) is 0 Å². The van der Waals surface area contributed by atoms with Gasteiger partial charge in [0.2, 0.25) is 0 Å². The third kappa shape index (κ3) is 2.47. The Hall–Kier alpha value is -1.71. The van der Waals surface area contributed by atoms with Crippen LogP contribution in [-0.4, -0.2) is 28.8 Å². The number of benzene rings is 1. The van der Waals surface area contributed by atoms with Crippen molar-refractivity contribution in [2.45, 2.75) is 52.2 Å². The fraction of sp³-hybridized carbons (Fsp3) is 0.562. The van der Waals surface area contributed by atoms with Crippen molar-refractivity contribution >= 4 is 11.7 Å². The molecule has 0 aromatic heterocycles. The molecule has 1 aromatic carbocycles. The Labute approximate surface area is 120 Å². The van der Waals surface area contributed by atoms with Gasteiger partial charge < -0.3 is 14.7 Å². The summed E-state index contributed by atoms with van der Waals surface area (Å²) >= 11 is 0. The predicted molar refractivity (Wildman–Crippen MR) is 79.6 cm³/mol. The third-order valence-electron chi connectivity index (χ3n) is 3.85. The highest BCUT2D eigenvalue weighted by molar-refractivity contribution is 5.84. The molecule has 1 aromatic rings. The lowest BCUT2D eigenvalue weighted by Crippen LogP contribution is -2.58. The SMILES string of the molecule is CCc1ccc2c(c1)N(C(C)(C)C(=O)O)CC(C)(C)O2. The average molecular weight is 277 g/mol. The Balaban J connectivity index is 2.56. The summed E-state index contributed by atoms with van der Waals surface area (Å²) in [6.07, 6.45) is 0.915. The van der Waals surface area contributed by atoms with Crippen molar-refractivity contribution in [2.24, 2.45) is 0 Å². The Morgan fingerprint density at radius 3 is 2.65 bits per heavy atom. The normalized spacial score (nSPS) is 17.4. The zero-order chi connectivity index (χ0) is 15.1. The molecule has 0 spiro atoms. The first-order chi connectivity index (χ1) is 9.17. The molecule has 110 valence electrons. The van der Waals surface area contributed by atoms with Gasteiger partial charge in [0.05, 0.1) is 12.2 Å². The summed E-state index contributed by atoms with van der Waals surface area (Å²) in [5, 5.41) is 9.53. The van der Waals surface area contributed by atoms with Gasteiger partial charge >= 0.3 is 5.97 Å². The Bertz CT molecular complexity index is 535. The number of aliphatic carboxylic acids is 1. The monoisotopic (exact) mass is 277 g/mol. The number of hydrogen-bond donors (Lipinski definition) is 1. The molecule has 1 aliphatic heterocycles. The first-order valence-corrected chi connectivity index (χ1v) is 7.00. The van der Waals surface area contributed by atoms with E-state index in [9.17, 15) is 9.90 Å². The number of carboxylic acids is 1. The number of carbonyl (C=O) groups is 1. The number of carboxylic acid groups (broad SMARTS) is 1. The quantitative estimate of drug-likeness (QED) is 0.922. The fourth-order valence-electron chi connectivity index (χ4n) is 2.49. The van der Waals surface area contributed by atoms with E-state index >= 15 is 0 Å². The van der Waals surface area contributed by atoms with Gasteiger partial charge in [0.15, 0.2) is 0 Å². The molecule has 0 saturated carbocycles. The minimum absolute atomic E-state index is 0.409.